The molecule has 0 aromatic rings. The van der Waals surface area contributed by atoms with Crippen molar-refractivity contribution in [1.82, 2.24) is 5.32 Å². The van der Waals surface area contributed by atoms with Gasteiger partial charge in [0.15, 0.2) is 0 Å². The molecule has 1 N–H and O–H groups in total. The van der Waals surface area contributed by atoms with Crippen LogP contribution in [0.2, 0.25) is 0 Å². The van der Waals surface area contributed by atoms with Crippen molar-refractivity contribution >= 4 is 0 Å². The summed E-state index contributed by atoms with van der Waals surface area (Å²) in [5.74, 6) is 0.921. The lowest BCUT2D eigenvalue weighted by molar-refractivity contribution is 0.274. The minimum Gasteiger partial charge on any atom is -0.314 e. The van der Waals surface area contributed by atoms with Gasteiger partial charge in [-0.3, -0.25) is 0 Å². The number of rotatable bonds is 0. The fourth-order valence-corrected chi connectivity index (χ4v) is 0.589. The summed E-state index contributed by atoms with van der Waals surface area (Å²) in [4.78, 5) is 0. The van der Waals surface area contributed by atoms with Gasteiger partial charge in [-0.05, 0) is 19.4 Å². The van der Waals surface area contributed by atoms with Gasteiger partial charge >= 0.3 is 0 Å². The molecule has 1 heterocycles. The number of hydrogen-bond donors (Lipinski definition) is 1. The van der Waals surface area contributed by atoms with Crippen LogP contribution in [0.5, 0.6) is 0 Å². The Kier molecular flexibility index (Phi) is 0.845. The predicted molar refractivity (Wildman–Crippen MR) is 26.6 cm³/mol. The van der Waals surface area contributed by atoms with Gasteiger partial charge in [0.2, 0.25) is 0 Å². The third-order valence-corrected chi connectivity index (χ3v) is 1.62. The van der Waals surface area contributed by atoms with Gasteiger partial charge in [0, 0.05) is 6.04 Å². The summed E-state index contributed by atoms with van der Waals surface area (Å²) in [6.07, 6.45) is 0. The average Bonchev–Trinajstić information content (AvgIpc) is 1.61. The molecule has 36 valence electrons. The Bertz CT molecular complexity index is 43.9. The van der Waals surface area contributed by atoms with Crippen LogP contribution in [0.15, 0.2) is 0 Å². The summed E-state index contributed by atoms with van der Waals surface area (Å²) in [6, 6.07) is 0.782. The van der Waals surface area contributed by atoms with Gasteiger partial charge in [0.1, 0.15) is 0 Å². The molecule has 1 rings (SSSR count). The van der Waals surface area contributed by atoms with Crippen LogP contribution >= 0.6 is 0 Å². The minimum absolute atomic E-state index is 0.782. The first-order valence-corrected chi connectivity index (χ1v) is 2.54. The van der Waals surface area contributed by atoms with Crippen LogP contribution in [0.1, 0.15) is 13.8 Å². The lowest BCUT2D eigenvalue weighted by Crippen LogP contribution is -2.49. The zero-order valence-electron chi connectivity index (χ0n) is 4.36. The second-order valence-corrected chi connectivity index (χ2v) is 2.17. The van der Waals surface area contributed by atoms with Crippen molar-refractivity contribution in [2.75, 3.05) is 6.54 Å². The number of nitrogens with one attached hydrogen (secondary N) is 1. The van der Waals surface area contributed by atoms with E-state index in [1.54, 1.807) is 0 Å². The Balaban J connectivity index is 2.20. The van der Waals surface area contributed by atoms with Gasteiger partial charge in [-0.1, -0.05) is 6.92 Å². The molecule has 0 saturated carbocycles. The molecule has 6 heavy (non-hydrogen) atoms. The van der Waals surface area contributed by atoms with E-state index in [2.05, 4.69) is 19.2 Å². The summed E-state index contributed by atoms with van der Waals surface area (Å²) in [5.41, 5.74) is 0. The summed E-state index contributed by atoms with van der Waals surface area (Å²) in [7, 11) is 0. The molecule has 1 heteroatoms. The molecule has 1 unspecified atom stereocenters. The Morgan fingerprint density at radius 3 is 2.00 bits per heavy atom. The van der Waals surface area contributed by atoms with Gasteiger partial charge in [-0.25, -0.2) is 0 Å². The van der Waals surface area contributed by atoms with Gasteiger partial charge < -0.3 is 5.32 Å². The smallest absolute Gasteiger partial charge is 0.00765 e. The maximum atomic E-state index is 3.26. The fraction of sp³-hybridized carbons (Fsp3) is 1.00. The van der Waals surface area contributed by atoms with Crippen LogP contribution in [-0.4, -0.2) is 12.6 Å². The Morgan fingerprint density at radius 2 is 2.00 bits per heavy atom. The second kappa shape index (κ2) is 1.23. The van der Waals surface area contributed by atoms with Gasteiger partial charge in [0.25, 0.3) is 0 Å². The first-order chi connectivity index (χ1) is 2.80. The number of hydrogen-bond acceptors (Lipinski definition) is 1. The highest BCUT2D eigenvalue weighted by atomic mass is 15.0. The molecule has 0 aromatic heterocycles. The van der Waals surface area contributed by atoms with E-state index in [0.717, 1.165) is 12.0 Å². The van der Waals surface area contributed by atoms with E-state index in [4.69, 9.17) is 0 Å². The molecule has 0 radical (unpaired) electrons. The molecule has 0 spiro atoms. The van der Waals surface area contributed by atoms with Gasteiger partial charge in [-0.2, -0.15) is 0 Å². The molecule has 2 atom stereocenters. The van der Waals surface area contributed by atoms with E-state index in [1.807, 2.05) is 0 Å². The van der Waals surface area contributed by atoms with Crippen molar-refractivity contribution < 1.29 is 0 Å². The lowest BCUT2D eigenvalue weighted by Gasteiger charge is -2.31. The van der Waals surface area contributed by atoms with Crippen molar-refractivity contribution in [1.29, 1.82) is 0 Å². The fourth-order valence-electron chi connectivity index (χ4n) is 0.589. The van der Waals surface area contributed by atoms with E-state index in [-0.39, 0.29) is 0 Å². The molecule has 1 fully saturated rings. The molecule has 1 nitrogen and oxygen atoms in total. The highest BCUT2D eigenvalue weighted by Crippen LogP contribution is 2.08. The maximum Gasteiger partial charge on any atom is 0.00765 e. The summed E-state index contributed by atoms with van der Waals surface area (Å²) < 4.78 is 0. The Hall–Kier alpha value is -0.0400. The third kappa shape index (κ3) is 0.432. The van der Waals surface area contributed by atoms with Crippen molar-refractivity contribution in [3.05, 3.63) is 0 Å². The molecule has 0 aliphatic carbocycles. The van der Waals surface area contributed by atoms with Crippen molar-refractivity contribution in [2.45, 2.75) is 19.9 Å². The standard InChI is InChI=1S/C5H11N/c1-4-3-6-5(4)2/h4-6H,3H2,1-2H3/t4-,5?/m0/s1. The molecule has 0 aromatic carbocycles. The predicted octanol–water partition coefficient (Wildman–Crippen LogP) is 0.614. The quantitative estimate of drug-likeness (QED) is 0.454. The summed E-state index contributed by atoms with van der Waals surface area (Å²) >= 11 is 0. The summed E-state index contributed by atoms with van der Waals surface area (Å²) in [6.45, 7) is 5.70. The average molecular weight is 85.1 g/mol. The van der Waals surface area contributed by atoms with Crippen LogP contribution < -0.4 is 5.32 Å². The molecule has 1 saturated heterocycles. The first-order valence-electron chi connectivity index (χ1n) is 2.54. The van der Waals surface area contributed by atoms with Crippen molar-refractivity contribution in [2.24, 2.45) is 5.92 Å². The van der Waals surface area contributed by atoms with Gasteiger partial charge in [0.05, 0.1) is 0 Å². The van der Waals surface area contributed by atoms with Crippen molar-refractivity contribution in [3.8, 4) is 0 Å². The van der Waals surface area contributed by atoms with Crippen LogP contribution in [-0.2, 0) is 0 Å². The third-order valence-electron chi connectivity index (χ3n) is 1.62. The van der Waals surface area contributed by atoms with E-state index in [1.165, 1.54) is 6.54 Å². The van der Waals surface area contributed by atoms with Crippen LogP contribution in [0.4, 0.5) is 0 Å². The highest BCUT2D eigenvalue weighted by Gasteiger charge is 2.19. The Labute approximate surface area is 38.7 Å². The summed E-state index contributed by atoms with van der Waals surface area (Å²) in [5, 5.41) is 3.26. The molecule has 1 aliphatic heterocycles. The normalized spacial score (nSPS) is 45.0. The largest absolute Gasteiger partial charge is 0.314 e. The molecular weight excluding hydrogens is 74.1 g/mol. The zero-order valence-corrected chi connectivity index (χ0v) is 4.36. The molecular formula is C5H11N. The molecule has 0 amide bonds. The highest BCUT2D eigenvalue weighted by molar-refractivity contribution is 4.79. The van der Waals surface area contributed by atoms with Crippen LogP contribution in [0, 0.1) is 5.92 Å². The SMILES string of the molecule is CC1NC[C@@H]1C. The van der Waals surface area contributed by atoms with E-state index in [9.17, 15) is 0 Å². The first kappa shape index (κ1) is 4.13. The van der Waals surface area contributed by atoms with Crippen LogP contribution in [0.3, 0.4) is 0 Å². The van der Waals surface area contributed by atoms with Crippen molar-refractivity contribution in [3.63, 3.8) is 0 Å². The molecule has 1 aliphatic rings. The van der Waals surface area contributed by atoms with Crippen LogP contribution in [0.25, 0.3) is 0 Å². The second-order valence-electron chi connectivity index (χ2n) is 2.17. The van der Waals surface area contributed by atoms with Gasteiger partial charge in [-0.15, -0.1) is 0 Å². The molecule has 0 bridgehead atoms. The van der Waals surface area contributed by atoms with E-state index >= 15 is 0 Å². The minimum atomic E-state index is 0.782. The monoisotopic (exact) mass is 85.1 g/mol. The van der Waals surface area contributed by atoms with E-state index < -0.39 is 0 Å². The zero-order chi connectivity index (χ0) is 4.57. The topological polar surface area (TPSA) is 12.0 Å². The lowest BCUT2D eigenvalue weighted by atomic mass is 9.96. The van der Waals surface area contributed by atoms with E-state index in [0.29, 0.717) is 0 Å². The Morgan fingerprint density at radius 1 is 1.50 bits per heavy atom. The maximum absolute atomic E-state index is 3.26.